The molecule has 2 unspecified atom stereocenters. The topological polar surface area (TPSA) is 38.3 Å². The van der Waals surface area contributed by atoms with Crippen LogP contribution in [0.4, 0.5) is 4.79 Å². The molecule has 0 bridgehead atoms. The van der Waals surface area contributed by atoms with Crippen LogP contribution in [0, 0.1) is 0 Å². The monoisotopic (exact) mass is 231 g/mol. The van der Waals surface area contributed by atoms with Gasteiger partial charge in [-0.3, -0.25) is 0 Å². The Hall–Kier alpha value is -0.380. The summed E-state index contributed by atoms with van der Waals surface area (Å²) in [6.07, 6.45) is 5.18. The van der Waals surface area contributed by atoms with Crippen LogP contribution in [0.15, 0.2) is 0 Å². The van der Waals surface area contributed by atoms with E-state index >= 15 is 0 Å². The van der Waals surface area contributed by atoms with Gasteiger partial charge in [0.05, 0.1) is 0 Å². The summed E-state index contributed by atoms with van der Waals surface area (Å²) in [5, 5.41) is 3.62. The van der Waals surface area contributed by atoms with E-state index in [9.17, 15) is 4.79 Å². The molecule has 1 rings (SSSR count). The minimum absolute atomic E-state index is 0.283. The molecule has 4 heteroatoms. The highest BCUT2D eigenvalue weighted by atomic mass is 32.2. The Kier molecular flexibility index (Phi) is 4.32. The van der Waals surface area contributed by atoms with E-state index in [1.54, 1.807) is 0 Å². The lowest BCUT2D eigenvalue weighted by Crippen LogP contribution is -2.38. The standard InChI is InChI=1S/C11H21NO2S/c1-11(2,3)14-10(13)12-8-5-6-9(7-8)15-4/h8-9H,5-7H2,1-4H3,(H,12,13). The van der Waals surface area contributed by atoms with Crippen molar-refractivity contribution in [3.8, 4) is 0 Å². The zero-order valence-corrected chi connectivity index (χ0v) is 10.8. The Labute approximate surface area is 96.3 Å². The molecule has 2 atom stereocenters. The van der Waals surface area contributed by atoms with Crippen molar-refractivity contribution in [3.63, 3.8) is 0 Å². The Morgan fingerprint density at radius 1 is 1.40 bits per heavy atom. The van der Waals surface area contributed by atoms with Crippen LogP contribution in [0.5, 0.6) is 0 Å². The molecule has 0 spiro atoms. The van der Waals surface area contributed by atoms with Gasteiger partial charge >= 0.3 is 6.09 Å². The molecule has 1 aliphatic carbocycles. The third-order valence-electron chi connectivity index (χ3n) is 2.44. The van der Waals surface area contributed by atoms with E-state index in [0.717, 1.165) is 12.8 Å². The molecule has 0 heterocycles. The molecule has 1 amide bonds. The van der Waals surface area contributed by atoms with Crippen molar-refractivity contribution >= 4 is 17.9 Å². The molecule has 88 valence electrons. The number of amides is 1. The average Bonchev–Trinajstić information content (AvgIpc) is 2.48. The van der Waals surface area contributed by atoms with Gasteiger partial charge in [-0.1, -0.05) is 0 Å². The number of hydrogen-bond acceptors (Lipinski definition) is 3. The van der Waals surface area contributed by atoms with Gasteiger partial charge < -0.3 is 10.1 Å². The smallest absolute Gasteiger partial charge is 0.407 e. The van der Waals surface area contributed by atoms with Gasteiger partial charge in [-0.15, -0.1) is 0 Å². The van der Waals surface area contributed by atoms with Crippen LogP contribution >= 0.6 is 11.8 Å². The van der Waals surface area contributed by atoms with E-state index < -0.39 is 5.60 Å². The number of ether oxygens (including phenoxy) is 1. The predicted octanol–water partition coefficient (Wildman–Crippen LogP) is 2.80. The molecule has 1 saturated carbocycles. The Balaban J connectivity index is 2.28. The van der Waals surface area contributed by atoms with Crippen molar-refractivity contribution in [2.45, 2.75) is 56.9 Å². The molecule has 0 radical (unpaired) electrons. The summed E-state index contributed by atoms with van der Waals surface area (Å²) in [5.74, 6) is 0. The van der Waals surface area contributed by atoms with Crippen molar-refractivity contribution in [1.29, 1.82) is 0 Å². The van der Waals surface area contributed by atoms with Gasteiger partial charge in [-0.05, 0) is 46.3 Å². The SMILES string of the molecule is CSC1CCC(NC(=O)OC(C)(C)C)C1. The third-order valence-corrected chi connectivity index (χ3v) is 3.53. The van der Waals surface area contributed by atoms with Crippen molar-refractivity contribution in [2.75, 3.05) is 6.26 Å². The first-order chi connectivity index (χ1) is 6.90. The van der Waals surface area contributed by atoms with E-state index in [0.29, 0.717) is 11.3 Å². The van der Waals surface area contributed by atoms with Crippen LogP contribution in [0.1, 0.15) is 40.0 Å². The van der Waals surface area contributed by atoms with Crippen LogP contribution in [0.3, 0.4) is 0 Å². The summed E-state index contributed by atoms with van der Waals surface area (Å²) in [6, 6.07) is 0.303. The summed E-state index contributed by atoms with van der Waals surface area (Å²) in [4.78, 5) is 11.5. The Morgan fingerprint density at radius 3 is 2.53 bits per heavy atom. The second-order valence-electron chi connectivity index (χ2n) is 5.01. The second-order valence-corrected chi connectivity index (χ2v) is 6.15. The number of nitrogens with one attached hydrogen (secondary N) is 1. The maximum Gasteiger partial charge on any atom is 0.407 e. The van der Waals surface area contributed by atoms with E-state index in [4.69, 9.17) is 4.74 Å². The summed E-state index contributed by atoms with van der Waals surface area (Å²) >= 11 is 1.88. The summed E-state index contributed by atoms with van der Waals surface area (Å²) in [5.41, 5.74) is -0.401. The highest BCUT2D eigenvalue weighted by Crippen LogP contribution is 2.28. The van der Waals surface area contributed by atoms with E-state index in [2.05, 4.69) is 11.6 Å². The molecule has 0 aromatic rings. The Bertz CT molecular complexity index is 225. The highest BCUT2D eigenvalue weighted by Gasteiger charge is 2.26. The van der Waals surface area contributed by atoms with Gasteiger partial charge in [0, 0.05) is 11.3 Å². The molecule has 1 aliphatic rings. The molecule has 0 aromatic carbocycles. The van der Waals surface area contributed by atoms with Crippen molar-refractivity contribution in [3.05, 3.63) is 0 Å². The number of thioether (sulfide) groups is 1. The predicted molar refractivity (Wildman–Crippen MR) is 64.3 cm³/mol. The van der Waals surface area contributed by atoms with Crippen molar-refractivity contribution in [2.24, 2.45) is 0 Å². The van der Waals surface area contributed by atoms with Crippen LogP contribution in [-0.2, 0) is 4.74 Å². The molecule has 0 aromatic heterocycles. The number of carbonyl (C=O) groups excluding carboxylic acids is 1. The maximum absolute atomic E-state index is 11.5. The summed E-state index contributed by atoms with van der Waals surface area (Å²) < 4.78 is 5.21. The van der Waals surface area contributed by atoms with Crippen LogP contribution in [0.25, 0.3) is 0 Å². The summed E-state index contributed by atoms with van der Waals surface area (Å²) in [6.45, 7) is 5.64. The van der Waals surface area contributed by atoms with Crippen LogP contribution in [-0.4, -0.2) is 29.2 Å². The second kappa shape index (κ2) is 5.10. The minimum Gasteiger partial charge on any atom is -0.444 e. The van der Waals surface area contributed by atoms with Gasteiger partial charge in [0.2, 0.25) is 0 Å². The normalized spacial score (nSPS) is 26.4. The lowest BCUT2D eigenvalue weighted by Gasteiger charge is -2.21. The van der Waals surface area contributed by atoms with Gasteiger partial charge in [-0.2, -0.15) is 11.8 Å². The molecular weight excluding hydrogens is 210 g/mol. The molecule has 15 heavy (non-hydrogen) atoms. The van der Waals surface area contributed by atoms with Crippen LogP contribution in [0.2, 0.25) is 0 Å². The molecule has 1 fully saturated rings. The van der Waals surface area contributed by atoms with Gasteiger partial charge in [0.25, 0.3) is 0 Å². The summed E-state index contributed by atoms with van der Waals surface area (Å²) in [7, 11) is 0. The molecule has 3 nitrogen and oxygen atoms in total. The number of carbonyl (C=O) groups is 1. The third kappa shape index (κ3) is 4.78. The number of alkyl carbamates (subject to hydrolysis) is 1. The first-order valence-electron chi connectivity index (χ1n) is 5.43. The van der Waals surface area contributed by atoms with Crippen LogP contribution < -0.4 is 5.32 Å². The fourth-order valence-electron chi connectivity index (χ4n) is 1.76. The Morgan fingerprint density at radius 2 is 2.07 bits per heavy atom. The van der Waals surface area contributed by atoms with E-state index in [1.807, 2.05) is 32.5 Å². The highest BCUT2D eigenvalue weighted by molar-refractivity contribution is 7.99. The largest absolute Gasteiger partial charge is 0.444 e. The van der Waals surface area contributed by atoms with Crippen molar-refractivity contribution in [1.82, 2.24) is 5.32 Å². The molecular formula is C11H21NO2S. The lowest BCUT2D eigenvalue weighted by atomic mass is 10.2. The van der Waals surface area contributed by atoms with E-state index in [1.165, 1.54) is 6.42 Å². The van der Waals surface area contributed by atoms with Gasteiger partial charge in [-0.25, -0.2) is 4.79 Å². The molecule has 1 N–H and O–H groups in total. The minimum atomic E-state index is -0.401. The molecule has 0 aliphatic heterocycles. The number of hydrogen-bond donors (Lipinski definition) is 1. The maximum atomic E-state index is 11.5. The van der Waals surface area contributed by atoms with Gasteiger partial charge in [0.1, 0.15) is 5.60 Å². The molecule has 0 saturated heterocycles. The zero-order valence-electron chi connectivity index (χ0n) is 10.0. The quantitative estimate of drug-likeness (QED) is 0.794. The first-order valence-corrected chi connectivity index (χ1v) is 6.72. The van der Waals surface area contributed by atoms with Gasteiger partial charge in [0.15, 0.2) is 0 Å². The van der Waals surface area contributed by atoms with E-state index in [-0.39, 0.29) is 6.09 Å². The van der Waals surface area contributed by atoms with Crippen molar-refractivity contribution < 1.29 is 9.53 Å². The first kappa shape index (κ1) is 12.7. The zero-order chi connectivity index (χ0) is 11.5. The number of rotatable bonds is 2. The fraction of sp³-hybridized carbons (Fsp3) is 0.909. The average molecular weight is 231 g/mol. The lowest BCUT2D eigenvalue weighted by molar-refractivity contribution is 0.0505. The fourth-order valence-corrected chi connectivity index (χ4v) is 2.56.